The number of likely N-dealkylation sites (tertiary alicyclic amines) is 1. The van der Waals surface area contributed by atoms with Crippen LogP contribution in [0.4, 0.5) is 0 Å². The summed E-state index contributed by atoms with van der Waals surface area (Å²) < 4.78 is 0. The molecule has 138 valence electrons. The Morgan fingerprint density at radius 2 is 1.96 bits per heavy atom. The van der Waals surface area contributed by atoms with Gasteiger partial charge in [0.2, 0.25) is 0 Å². The van der Waals surface area contributed by atoms with Gasteiger partial charge in [-0.1, -0.05) is 30.3 Å². The minimum atomic E-state index is -0.155. The number of aliphatic hydroxyl groups excluding tert-OH is 1. The van der Waals surface area contributed by atoms with E-state index in [1.807, 2.05) is 4.90 Å². The topological polar surface area (TPSA) is 56.7 Å². The molecule has 1 aliphatic heterocycles. The number of pyridine rings is 1. The molecule has 1 saturated heterocycles. The van der Waals surface area contributed by atoms with Crippen LogP contribution < -0.4 is 0 Å². The summed E-state index contributed by atoms with van der Waals surface area (Å²) in [7, 11) is 4.12. The highest BCUT2D eigenvalue weighted by molar-refractivity contribution is 5.92. The van der Waals surface area contributed by atoms with Crippen molar-refractivity contribution in [3.63, 3.8) is 0 Å². The molecule has 5 nitrogen and oxygen atoms in total. The van der Waals surface area contributed by atoms with Crippen LogP contribution in [0.3, 0.4) is 0 Å². The van der Waals surface area contributed by atoms with Crippen LogP contribution in [0, 0.1) is 0 Å². The molecule has 3 rings (SSSR count). The molecular formula is C21H27N3O2. The van der Waals surface area contributed by atoms with E-state index in [1.54, 1.807) is 18.2 Å². The molecule has 1 atom stereocenters. The van der Waals surface area contributed by atoms with Gasteiger partial charge < -0.3 is 14.9 Å². The van der Waals surface area contributed by atoms with Crippen molar-refractivity contribution in [3.05, 3.63) is 65.0 Å². The Bertz CT molecular complexity index is 743. The van der Waals surface area contributed by atoms with Crippen LogP contribution in [-0.2, 0) is 13.2 Å². The van der Waals surface area contributed by atoms with Gasteiger partial charge in [-0.05, 0) is 56.6 Å². The lowest BCUT2D eigenvalue weighted by molar-refractivity contribution is 0.0605. The van der Waals surface area contributed by atoms with Gasteiger partial charge in [-0.25, -0.2) is 4.98 Å². The lowest BCUT2D eigenvalue weighted by Gasteiger charge is -2.36. The maximum absolute atomic E-state index is 13.0. The van der Waals surface area contributed by atoms with E-state index in [-0.39, 0.29) is 18.6 Å². The molecule has 0 aliphatic carbocycles. The molecule has 0 bridgehead atoms. The maximum atomic E-state index is 13.0. The van der Waals surface area contributed by atoms with Gasteiger partial charge in [0.05, 0.1) is 18.3 Å². The van der Waals surface area contributed by atoms with E-state index >= 15 is 0 Å². The number of nitrogens with zero attached hydrogens (tertiary/aromatic N) is 3. The van der Waals surface area contributed by atoms with Crippen LogP contribution in [0.1, 0.15) is 52.6 Å². The van der Waals surface area contributed by atoms with Crippen molar-refractivity contribution < 1.29 is 9.90 Å². The summed E-state index contributed by atoms with van der Waals surface area (Å²) in [5, 5.41) is 9.28. The lowest BCUT2D eigenvalue weighted by Crippen LogP contribution is -2.39. The number of piperidine rings is 1. The van der Waals surface area contributed by atoms with Crippen molar-refractivity contribution in [3.8, 4) is 0 Å². The summed E-state index contributed by atoms with van der Waals surface area (Å²) in [4.78, 5) is 21.4. The Balaban J connectivity index is 1.82. The summed E-state index contributed by atoms with van der Waals surface area (Å²) in [5.74, 6) is -0.0534. The minimum absolute atomic E-state index is 0.0534. The third-order valence-electron chi connectivity index (χ3n) is 4.81. The normalized spacial score (nSPS) is 17.5. The fourth-order valence-corrected chi connectivity index (χ4v) is 3.57. The van der Waals surface area contributed by atoms with Gasteiger partial charge in [-0.3, -0.25) is 4.79 Å². The highest BCUT2D eigenvalue weighted by atomic mass is 16.3. The van der Waals surface area contributed by atoms with Crippen LogP contribution in [-0.4, -0.2) is 46.4 Å². The first-order chi connectivity index (χ1) is 12.6. The Morgan fingerprint density at radius 3 is 2.65 bits per heavy atom. The molecule has 5 heteroatoms. The van der Waals surface area contributed by atoms with E-state index in [2.05, 4.69) is 48.2 Å². The predicted octanol–water partition coefficient (Wildman–Crippen LogP) is 3.00. The van der Waals surface area contributed by atoms with Gasteiger partial charge >= 0.3 is 0 Å². The zero-order valence-electron chi connectivity index (χ0n) is 15.6. The molecule has 0 spiro atoms. The van der Waals surface area contributed by atoms with E-state index in [0.717, 1.165) is 32.4 Å². The zero-order chi connectivity index (χ0) is 18.5. The summed E-state index contributed by atoms with van der Waals surface area (Å²) in [6.07, 6.45) is 3.11. The lowest BCUT2D eigenvalue weighted by atomic mass is 9.94. The average Bonchev–Trinajstić information content (AvgIpc) is 2.67. The van der Waals surface area contributed by atoms with Gasteiger partial charge in [-0.2, -0.15) is 0 Å². The quantitative estimate of drug-likeness (QED) is 0.898. The fourth-order valence-electron chi connectivity index (χ4n) is 3.57. The monoisotopic (exact) mass is 353 g/mol. The molecule has 1 amide bonds. The number of hydrogen-bond acceptors (Lipinski definition) is 4. The van der Waals surface area contributed by atoms with Crippen LogP contribution in [0.15, 0.2) is 42.5 Å². The first-order valence-electron chi connectivity index (χ1n) is 9.20. The molecule has 0 saturated carbocycles. The SMILES string of the molecule is CN(C)Cc1ccc([C@H]2CCCCN2C(=O)c2cccc(CO)n2)cc1. The molecule has 1 N–H and O–H groups in total. The highest BCUT2D eigenvalue weighted by Crippen LogP contribution is 2.32. The molecule has 1 aliphatic rings. The smallest absolute Gasteiger partial charge is 0.272 e. The molecule has 26 heavy (non-hydrogen) atoms. The molecule has 2 aromatic rings. The summed E-state index contributed by atoms with van der Waals surface area (Å²) >= 11 is 0. The number of aliphatic hydroxyl groups is 1. The molecule has 1 fully saturated rings. The zero-order valence-corrected chi connectivity index (χ0v) is 15.6. The van der Waals surface area contributed by atoms with Gasteiger partial charge in [0.15, 0.2) is 0 Å². The fraction of sp³-hybridized carbons (Fsp3) is 0.429. The van der Waals surface area contributed by atoms with Gasteiger partial charge in [0, 0.05) is 13.1 Å². The second-order valence-corrected chi connectivity index (χ2v) is 7.16. The number of carbonyl (C=O) groups is 1. The van der Waals surface area contributed by atoms with Crippen molar-refractivity contribution in [2.24, 2.45) is 0 Å². The third-order valence-corrected chi connectivity index (χ3v) is 4.81. The van der Waals surface area contributed by atoms with Crippen LogP contribution in [0.5, 0.6) is 0 Å². The highest BCUT2D eigenvalue weighted by Gasteiger charge is 2.29. The minimum Gasteiger partial charge on any atom is -0.390 e. The molecule has 1 aromatic carbocycles. The van der Waals surface area contributed by atoms with Crippen molar-refractivity contribution in [1.82, 2.24) is 14.8 Å². The van der Waals surface area contributed by atoms with Crippen molar-refractivity contribution >= 4 is 5.91 Å². The number of amides is 1. The second-order valence-electron chi connectivity index (χ2n) is 7.16. The Kier molecular flexibility index (Phi) is 6.01. The second kappa shape index (κ2) is 8.43. The summed E-state index contributed by atoms with van der Waals surface area (Å²) in [6.45, 7) is 1.50. The van der Waals surface area contributed by atoms with Crippen LogP contribution in [0.2, 0.25) is 0 Å². The van der Waals surface area contributed by atoms with Crippen molar-refractivity contribution in [1.29, 1.82) is 0 Å². The van der Waals surface area contributed by atoms with E-state index in [4.69, 9.17) is 0 Å². The molecule has 0 unspecified atom stereocenters. The standard InChI is InChI=1S/C21H27N3O2/c1-23(2)14-16-9-11-17(12-10-16)20-8-3-4-13-24(20)21(26)19-7-5-6-18(15-25)22-19/h5-7,9-12,20,25H,3-4,8,13-15H2,1-2H3/t20-/m1/s1. The molecular weight excluding hydrogens is 326 g/mol. The first-order valence-corrected chi connectivity index (χ1v) is 9.20. The average molecular weight is 353 g/mol. The summed E-state index contributed by atoms with van der Waals surface area (Å²) in [5.41, 5.74) is 3.38. The Morgan fingerprint density at radius 1 is 1.19 bits per heavy atom. The Labute approximate surface area is 155 Å². The van der Waals surface area contributed by atoms with E-state index in [0.29, 0.717) is 11.4 Å². The van der Waals surface area contributed by atoms with Crippen molar-refractivity contribution in [2.75, 3.05) is 20.6 Å². The number of aromatic nitrogens is 1. The number of hydrogen-bond donors (Lipinski definition) is 1. The van der Waals surface area contributed by atoms with Crippen molar-refractivity contribution in [2.45, 2.75) is 38.5 Å². The first kappa shape index (κ1) is 18.5. The molecule has 2 heterocycles. The Hall–Kier alpha value is -2.24. The van der Waals surface area contributed by atoms with E-state index < -0.39 is 0 Å². The van der Waals surface area contributed by atoms with Gasteiger partial charge in [-0.15, -0.1) is 0 Å². The number of carbonyl (C=O) groups excluding carboxylic acids is 1. The number of rotatable bonds is 5. The van der Waals surface area contributed by atoms with E-state index in [9.17, 15) is 9.90 Å². The van der Waals surface area contributed by atoms with Gasteiger partial charge in [0.1, 0.15) is 5.69 Å². The van der Waals surface area contributed by atoms with E-state index in [1.165, 1.54) is 11.1 Å². The van der Waals surface area contributed by atoms with Gasteiger partial charge in [0.25, 0.3) is 5.91 Å². The van der Waals surface area contributed by atoms with Crippen LogP contribution in [0.25, 0.3) is 0 Å². The molecule has 1 aromatic heterocycles. The third kappa shape index (κ3) is 4.29. The summed E-state index contributed by atoms with van der Waals surface area (Å²) in [6, 6.07) is 13.9. The largest absolute Gasteiger partial charge is 0.390 e. The maximum Gasteiger partial charge on any atom is 0.272 e. The van der Waals surface area contributed by atoms with Crippen LogP contribution >= 0.6 is 0 Å². The predicted molar refractivity (Wildman–Crippen MR) is 102 cm³/mol. The molecule has 0 radical (unpaired) electrons. The number of benzene rings is 1.